The Kier molecular flexibility index (Phi) is 10.2. The molecule has 0 spiro atoms. The molecule has 0 bridgehead atoms. The van der Waals surface area contributed by atoms with E-state index in [1.54, 1.807) is 37.3 Å². The van der Waals surface area contributed by atoms with Gasteiger partial charge in [-0.25, -0.2) is 14.6 Å². The zero-order chi connectivity index (χ0) is 22.8. The van der Waals surface area contributed by atoms with Crippen LogP contribution in [0.25, 0.3) is 5.57 Å². The lowest BCUT2D eigenvalue weighted by Crippen LogP contribution is -2.49. The number of hydrogen-bond acceptors (Lipinski definition) is 6. The highest BCUT2D eigenvalue weighted by Gasteiger charge is 2.23. The summed E-state index contributed by atoms with van der Waals surface area (Å²) in [5.41, 5.74) is 4.54. The highest BCUT2D eigenvalue weighted by Crippen LogP contribution is 2.18. The number of amides is 1. The second-order valence-electron chi connectivity index (χ2n) is 7.12. The summed E-state index contributed by atoms with van der Waals surface area (Å²) in [5, 5.41) is 20.3. The SMILES string of the molecule is C=C(C=C(C)Cl)c1ccc(CN(CC(O)C(=O)O)NC(=O)C(=O)OCC(C)C)cc1. The summed E-state index contributed by atoms with van der Waals surface area (Å²) in [5.74, 6) is -3.54. The van der Waals surface area contributed by atoms with E-state index < -0.39 is 30.5 Å². The number of carbonyl (C=O) groups excluding carboxylic acids is 2. The predicted molar refractivity (Wildman–Crippen MR) is 113 cm³/mol. The number of carboxylic acid groups (broad SMARTS) is 1. The van der Waals surface area contributed by atoms with Crippen LogP contribution in [-0.4, -0.2) is 52.3 Å². The Hall–Kier alpha value is -2.68. The molecule has 0 heterocycles. The number of nitrogens with one attached hydrogen (secondary N) is 1. The van der Waals surface area contributed by atoms with Crippen LogP contribution in [0.3, 0.4) is 0 Å². The van der Waals surface area contributed by atoms with Gasteiger partial charge in [-0.05, 0) is 35.6 Å². The Bertz CT molecular complexity index is 800. The van der Waals surface area contributed by atoms with Crippen molar-refractivity contribution in [1.29, 1.82) is 0 Å². The van der Waals surface area contributed by atoms with Gasteiger partial charge in [0.25, 0.3) is 0 Å². The number of hydrazine groups is 1. The largest absolute Gasteiger partial charge is 0.479 e. The number of benzene rings is 1. The molecule has 0 aromatic heterocycles. The van der Waals surface area contributed by atoms with Crippen LogP contribution >= 0.6 is 11.6 Å². The number of aliphatic hydroxyl groups is 1. The molecule has 30 heavy (non-hydrogen) atoms. The number of halogens is 1. The number of rotatable bonds is 10. The van der Waals surface area contributed by atoms with E-state index in [1.165, 1.54) is 0 Å². The Morgan fingerprint density at radius 2 is 1.87 bits per heavy atom. The summed E-state index contributed by atoms with van der Waals surface area (Å²) < 4.78 is 4.86. The standard InChI is InChI=1S/C21H27ClN2O6/c1-13(2)12-30-21(29)19(26)23-24(11-18(25)20(27)28)10-16-5-7-17(8-6-16)14(3)9-15(4)22/h5-9,13,18,25H,3,10-12H2,1-2,4H3,(H,23,26)(H,27,28). The summed E-state index contributed by atoms with van der Waals surface area (Å²) in [6.45, 7) is 9.00. The van der Waals surface area contributed by atoms with Crippen molar-refractivity contribution in [3.8, 4) is 0 Å². The quantitative estimate of drug-likeness (QED) is 0.222. The first kappa shape index (κ1) is 25.4. The van der Waals surface area contributed by atoms with Gasteiger partial charge >= 0.3 is 17.8 Å². The van der Waals surface area contributed by atoms with Gasteiger partial charge in [0.15, 0.2) is 6.10 Å². The molecule has 0 fully saturated rings. The van der Waals surface area contributed by atoms with Crippen LogP contribution in [0.2, 0.25) is 0 Å². The highest BCUT2D eigenvalue weighted by molar-refractivity contribution is 6.32. The minimum atomic E-state index is -1.76. The van der Waals surface area contributed by atoms with Crippen LogP contribution < -0.4 is 5.43 Å². The Labute approximate surface area is 180 Å². The lowest BCUT2D eigenvalue weighted by molar-refractivity contribution is -0.159. The molecule has 0 radical (unpaired) electrons. The zero-order valence-electron chi connectivity index (χ0n) is 17.2. The third-order valence-electron chi connectivity index (χ3n) is 3.74. The maximum Gasteiger partial charge on any atom is 0.398 e. The molecule has 1 amide bonds. The van der Waals surface area contributed by atoms with Crippen molar-refractivity contribution in [1.82, 2.24) is 10.4 Å². The average Bonchev–Trinajstić information content (AvgIpc) is 2.65. The van der Waals surface area contributed by atoms with Crippen LogP contribution in [0.15, 0.2) is 42.0 Å². The van der Waals surface area contributed by atoms with Crippen molar-refractivity contribution in [3.05, 3.63) is 53.1 Å². The lowest BCUT2D eigenvalue weighted by Gasteiger charge is -2.24. The Morgan fingerprint density at radius 1 is 1.27 bits per heavy atom. The molecule has 8 nitrogen and oxygen atoms in total. The average molecular weight is 439 g/mol. The topological polar surface area (TPSA) is 116 Å². The van der Waals surface area contributed by atoms with Crippen molar-refractivity contribution >= 4 is 35.0 Å². The van der Waals surface area contributed by atoms with E-state index >= 15 is 0 Å². The van der Waals surface area contributed by atoms with Crippen LogP contribution in [0.1, 0.15) is 31.9 Å². The summed E-state index contributed by atoms with van der Waals surface area (Å²) >= 11 is 5.85. The molecule has 1 aromatic rings. The van der Waals surface area contributed by atoms with Gasteiger partial charge in [0, 0.05) is 11.6 Å². The van der Waals surface area contributed by atoms with Gasteiger partial charge in [-0.3, -0.25) is 10.2 Å². The molecule has 9 heteroatoms. The number of carbonyl (C=O) groups is 3. The molecule has 0 saturated heterocycles. The second-order valence-corrected chi connectivity index (χ2v) is 7.72. The minimum absolute atomic E-state index is 0.0463. The number of aliphatic carboxylic acids is 1. The first-order valence-corrected chi connectivity index (χ1v) is 9.63. The van der Waals surface area contributed by atoms with E-state index in [0.29, 0.717) is 16.2 Å². The fourth-order valence-corrected chi connectivity index (χ4v) is 2.43. The molecule has 164 valence electrons. The van der Waals surface area contributed by atoms with Crippen molar-refractivity contribution in [3.63, 3.8) is 0 Å². The molecule has 0 aliphatic heterocycles. The molecule has 1 rings (SSSR count). The fraction of sp³-hybridized carbons (Fsp3) is 0.381. The molecular formula is C21H27ClN2O6. The van der Waals surface area contributed by atoms with E-state index in [-0.39, 0.29) is 19.1 Å². The van der Waals surface area contributed by atoms with Gasteiger partial charge in [0.05, 0.1) is 13.2 Å². The number of hydrogen-bond donors (Lipinski definition) is 3. The Balaban J connectivity index is 2.89. The van der Waals surface area contributed by atoms with Gasteiger partial charge in [0.2, 0.25) is 0 Å². The summed E-state index contributed by atoms with van der Waals surface area (Å²) in [6.07, 6.45) is -0.0393. The van der Waals surface area contributed by atoms with E-state index in [4.69, 9.17) is 21.4 Å². The number of aliphatic hydroxyl groups excluding tert-OH is 1. The lowest BCUT2D eigenvalue weighted by atomic mass is 10.0. The van der Waals surface area contributed by atoms with Gasteiger partial charge in [-0.1, -0.05) is 56.3 Å². The summed E-state index contributed by atoms with van der Waals surface area (Å²) in [4.78, 5) is 34.8. The van der Waals surface area contributed by atoms with Crippen molar-refractivity contribution in [2.75, 3.05) is 13.2 Å². The maximum atomic E-state index is 12.1. The van der Waals surface area contributed by atoms with Gasteiger partial charge < -0.3 is 14.9 Å². The van der Waals surface area contributed by atoms with Gasteiger partial charge in [-0.15, -0.1) is 0 Å². The first-order chi connectivity index (χ1) is 14.0. The predicted octanol–water partition coefficient (Wildman–Crippen LogP) is 2.32. The number of esters is 1. The smallest absolute Gasteiger partial charge is 0.398 e. The third kappa shape index (κ3) is 9.21. The van der Waals surface area contributed by atoms with E-state index in [2.05, 4.69) is 12.0 Å². The maximum absolute atomic E-state index is 12.1. The molecule has 3 N–H and O–H groups in total. The summed E-state index contributed by atoms with van der Waals surface area (Å²) in [7, 11) is 0. The second kappa shape index (κ2) is 12.1. The Morgan fingerprint density at radius 3 is 2.37 bits per heavy atom. The van der Waals surface area contributed by atoms with E-state index in [0.717, 1.165) is 10.6 Å². The number of carboxylic acids is 1. The fourth-order valence-electron chi connectivity index (χ4n) is 2.30. The highest BCUT2D eigenvalue weighted by atomic mass is 35.5. The van der Waals surface area contributed by atoms with Crippen LogP contribution in [0, 0.1) is 5.92 Å². The first-order valence-electron chi connectivity index (χ1n) is 9.25. The van der Waals surface area contributed by atoms with Crippen LogP contribution in [0.5, 0.6) is 0 Å². The molecule has 1 aromatic carbocycles. The van der Waals surface area contributed by atoms with Crippen molar-refractivity contribution < 1.29 is 29.3 Å². The van der Waals surface area contributed by atoms with Gasteiger partial charge in [0.1, 0.15) is 0 Å². The van der Waals surface area contributed by atoms with Crippen molar-refractivity contribution in [2.45, 2.75) is 33.4 Å². The monoisotopic (exact) mass is 438 g/mol. The molecule has 1 atom stereocenters. The molecule has 0 saturated carbocycles. The van der Waals surface area contributed by atoms with Crippen LogP contribution in [0.4, 0.5) is 0 Å². The molecular weight excluding hydrogens is 412 g/mol. The van der Waals surface area contributed by atoms with Gasteiger partial charge in [-0.2, -0.15) is 0 Å². The number of nitrogens with zero attached hydrogens (tertiary/aromatic N) is 1. The summed E-state index contributed by atoms with van der Waals surface area (Å²) in [6, 6.07) is 7.08. The van der Waals surface area contributed by atoms with Crippen molar-refractivity contribution in [2.24, 2.45) is 5.92 Å². The number of ether oxygens (including phenoxy) is 1. The molecule has 0 aliphatic rings. The third-order valence-corrected chi connectivity index (χ3v) is 3.85. The molecule has 1 unspecified atom stereocenters. The van der Waals surface area contributed by atoms with E-state index in [9.17, 15) is 19.5 Å². The van der Waals surface area contributed by atoms with Crippen LogP contribution in [-0.2, 0) is 25.7 Å². The molecule has 0 aliphatic carbocycles. The normalized spacial score (nSPS) is 12.6. The van der Waals surface area contributed by atoms with E-state index in [1.807, 2.05) is 13.8 Å². The number of allylic oxidation sites excluding steroid dienone is 3. The minimum Gasteiger partial charge on any atom is -0.479 e. The zero-order valence-corrected chi connectivity index (χ0v) is 18.0.